The van der Waals surface area contributed by atoms with E-state index in [1.165, 1.54) is 0 Å². The summed E-state index contributed by atoms with van der Waals surface area (Å²) in [5, 5.41) is 0. The van der Waals surface area contributed by atoms with Crippen LogP contribution in [0.15, 0.2) is 34.2 Å². The molecule has 0 aromatic heterocycles. The van der Waals surface area contributed by atoms with Gasteiger partial charge in [-0.15, -0.1) is 0 Å². The summed E-state index contributed by atoms with van der Waals surface area (Å²) in [5.74, 6) is 0. The molecule has 0 amide bonds. The van der Waals surface area contributed by atoms with Gasteiger partial charge in [0.15, 0.2) is 0 Å². The monoisotopic (exact) mass is 183 g/mol. The molecule has 0 N–H and O–H groups in total. The summed E-state index contributed by atoms with van der Waals surface area (Å²) in [6.07, 6.45) is 0. The van der Waals surface area contributed by atoms with Crippen molar-refractivity contribution >= 4 is 30.9 Å². The zero-order valence-corrected chi connectivity index (χ0v) is 7.19. The first-order valence-corrected chi connectivity index (χ1v) is 5.63. The van der Waals surface area contributed by atoms with Crippen molar-refractivity contribution in [2.45, 2.75) is 4.90 Å². The Morgan fingerprint density at radius 2 is 2.18 bits per heavy atom. The molecule has 4 heteroatoms. The van der Waals surface area contributed by atoms with Crippen LogP contribution in [-0.2, 0) is 19.7 Å². The maximum Gasteiger partial charge on any atom is 0.131 e. The Morgan fingerprint density at radius 3 is 3.00 bits per heavy atom. The molecule has 0 aliphatic carbocycles. The molecule has 11 heavy (non-hydrogen) atoms. The minimum absolute atomic E-state index is 0.340. The topological polar surface area (TPSA) is 29.4 Å². The molecular weight excluding hydrogens is 178 g/mol. The number of para-hydroxylation sites is 1. The summed E-state index contributed by atoms with van der Waals surface area (Å²) in [5.41, 5.74) is 2.67. The summed E-state index contributed by atoms with van der Waals surface area (Å²) in [6.45, 7) is 0. The number of aliphatic imine (C=N–C) groups is 1. The van der Waals surface area contributed by atoms with Gasteiger partial charge in [0, 0.05) is 4.90 Å². The molecule has 0 saturated carbocycles. The van der Waals surface area contributed by atoms with Crippen molar-refractivity contribution in [1.29, 1.82) is 0 Å². The van der Waals surface area contributed by atoms with Crippen molar-refractivity contribution in [3.63, 3.8) is 0 Å². The third-order valence-corrected chi connectivity index (χ3v) is 3.90. The van der Waals surface area contributed by atoms with Gasteiger partial charge in [0.1, 0.15) is 10.2 Å². The van der Waals surface area contributed by atoms with E-state index in [2.05, 4.69) is 4.99 Å². The van der Waals surface area contributed by atoms with E-state index < -0.39 is 0 Å². The maximum absolute atomic E-state index is 10.5. The predicted molar refractivity (Wildman–Crippen MR) is 48.4 cm³/mol. The molecule has 0 fully saturated rings. The minimum atomic E-state index is -0.340. The van der Waals surface area contributed by atoms with Crippen LogP contribution in [0.1, 0.15) is 0 Å². The Bertz CT molecular complexity index is 380. The van der Waals surface area contributed by atoms with Crippen LogP contribution in [0.25, 0.3) is 0 Å². The fraction of sp³-hybridized carbons (Fsp3) is 0. The summed E-state index contributed by atoms with van der Waals surface area (Å²) in [4.78, 5) is 5.18. The van der Waals surface area contributed by atoms with E-state index in [4.69, 9.17) is 0 Å². The van der Waals surface area contributed by atoms with Crippen LogP contribution in [0.2, 0.25) is 0 Å². The van der Waals surface area contributed by atoms with Crippen LogP contribution in [0, 0.1) is 0 Å². The van der Waals surface area contributed by atoms with Crippen LogP contribution in [0.4, 0.5) is 5.69 Å². The number of benzene rings is 1. The van der Waals surface area contributed by atoms with Gasteiger partial charge in [-0.2, -0.15) is 0 Å². The van der Waals surface area contributed by atoms with E-state index in [1.807, 2.05) is 24.3 Å². The van der Waals surface area contributed by atoms with Gasteiger partial charge in [-0.1, -0.05) is 12.1 Å². The molecule has 1 heterocycles. The molecule has 1 aliphatic rings. The predicted octanol–water partition coefficient (Wildman–Crippen LogP) is 1.47. The summed E-state index contributed by atoms with van der Waals surface area (Å²) >= 11 is 0. The third-order valence-electron chi connectivity index (χ3n) is 1.44. The average molecular weight is 183 g/mol. The lowest BCUT2D eigenvalue weighted by Gasteiger charge is -1.92. The van der Waals surface area contributed by atoms with E-state index in [-0.39, 0.29) is 9.45 Å². The summed E-state index contributed by atoms with van der Waals surface area (Å²) < 4.78 is 10.5. The quantitative estimate of drug-likeness (QED) is 0.599. The van der Waals surface area contributed by atoms with Crippen molar-refractivity contribution in [2.75, 3.05) is 0 Å². The first kappa shape index (κ1) is 6.94. The van der Waals surface area contributed by atoms with Crippen molar-refractivity contribution in [3.05, 3.63) is 24.3 Å². The Balaban J connectivity index is 2.72. The van der Waals surface area contributed by atoms with E-state index >= 15 is 0 Å². The Labute approximate surface area is 69.6 Å². The minimum Gasteiger partial charge on any atom is -0.248 e. The second-order valence-electron chi connectivity index (χ2n) is 2.07. The van der Waals surface area contributed by atoms with Crippen LogP contribution < -0.4 is 0 Å². The van der Waals surface area contributed by atoms with Gasteiger partial charge in [0.05, 0.1) is 11.2 Å². The maximum atomic E-state index is 10.5. The molecule has 0 bridgehead atoms. The van der Waals surface area contributed by atoms with Gasteiger partial charge < -0.3 is 0 Å². The number of nitrogens with zero attached hydrogens (tertiary/aromatic N) is 1. The number of hydrogen-bond acceptors (Lipinski definition) is 2. The summed E-state index contributed by atoms with van der Waals surface area (Å²) in [6, 6.07) is 7.74. The average Bonchev–Trinajstić information content (AvgIpc) is 2.47. The molecule has 1 atom stereocenters. The lowest BCUT2D eigenvalue weighted by molar-refractivity contribution is 0.701. The van der Waals surface area contributed by atoms with E-state index in [0.717, 1.165) is 10.6 Å². The SMILES string of the molecule is O=S=S1C=Nc2ccccc21. The van der Waals surface area contributed by atoms with E-state index in [1.54, 1.807) is 5.55 Å². The molecule has 2 rings (SSSR count). The Kier molecular flexibility index (Phi) is 1.71. The van der Waals surface area contributed by atoms with Gasteiger partial charge in [0.2, 0.25) is 0 Å². The van der Waals surface area contributed by atoms with Gasteiger partial charge in [0.25, 0.3) is 0 Å². The van der Waals surface area contributed by atoms with E-state index in [9.17, 15) is 4.21 Å². The van der Waals surface area contributed by atoms with Crippen LogP contribution in [0.3, 0.4) is 0 Å². The normalized spacial score (nSPS) is 19.8. The number of rotatable bonds is 0. The zero-order chi connectivity index (χ0) is 7.68. The lowest BCUT2D eigenvalue weighted by Crippen LogP contribution is -1.83. The van der Waals surface area contributed by atoms with Gasteiger partial charge in [-0.3, -0.25) is 0 Å². The second-order valence-corrected chi connectivity index (χ2v) is 4.93. The first-order chi connectivity index (χ1) is 5.42. The molecule has 1 aliphatic heterocycles. The van der Waals surface area contributed by atoms with Gasteiger partial charge >= 0.3 is 0 Å². The van der Waals surface area contributed by atoms with Gasteiger partial charge in [-0.05, 0) is 21.6 Å². The standard InChI is InChI=1S/C7H5NOS2/c9-10-11-5-8-6-3-1-2-4-7(6)11/h1-5H. The molecule has 1 aromatic rings. The molecule has 0 spiro atoms. The zero-order valence-electron chi connectivity index (χ0n) is 5.56. The largest absolute Gasteiger partial charge is 0.248 e. The fourth-order valence-electron chi connectivity index (χ4n) is 0.950. The van der Waals surface area contributed by atoms with Crippen molar-refractivity contribution < 1.29 is 4.21 Å². The molecule has 1 aromatic carbocycles. The lowest BCUT2D eigenvalue weighted by atomic mass is 10.3. The first-order valence-electron chi connectivity index (χ1n) is 3.08. The van der Waals surface area contributed by atoms with Crippen molar-refractivity contribution in [3.8, 4) is 0 Å². The van der Waals surface area contributed by atoms with Gasteiger partial charge in [-0.25, -0.2) is 9.20 Å². The van der Waals surface area contributed by atoms with Crippen LogP contribution in [0.5, 0.6) is 0 Å². The fourth-order valence-corrected chi connectivity index (χ4v) is 2.80. The highest BCUT2D eigenvalue weighted by molar-refractivity contribution is 8.38. The van der Waals surface area contributed by atoms with Crippen molar-refractivity contribution in [2.24, 2.45) is 4.99 Å². The number of hydrogen-bond donors (Lipinski definition) is 0. The third kappa shape index (κ3) is 1.08. The molecule has 56 valence electrons. The Morgan fingerprint density at radius 1 is 1.36 bits per heavy atom. The highest BCUT2D eigenvalue weighted by Crippen LogP contribution is 2.26. The highest BCUT2D eigenvalue weighted by atomic mass is 32.8. The number of fused-ring (bicyclic) bond motifs is 1. The Hall–Kier alpha value is -0.740. The van der Waals surface area contributed by atoms with Crippen molar-refractivity contribution in [1.82, 2.24) is 0 Å². The second kappa shape index (κ2) is 2.71. The van der Waals surface area contributed by atoms with Crippen LogP contribution in [-0.4, -0.2) is 9.76 Å². The molecule has 1 unspecified atom stereocenters. The highest BCUT2D eigenvalue weighted by Gasteiger charge is 2.09. The molecule has 0 radical (unpaired) electrons. The van der Waals surface area contributed by atoms with Crippen LogP contribution >= 0.6 is 0 Å². The smallest absolute Gasteiger partial charge is 0.131 e. The van der Waals surface area contributed by atoms with E-state index in [0.29, 0.717) is 10.2 Å². The molecule has 2 nitrogen and oxygen atoms in total. The molecule has 0 saturated heterocycles. The summed E-state index contributed by atoms with van der Waals surface area (Å²) in [7, 11) is 0.264. The molecular formula is C7H5NOS2.